The van der Waals surface area contributed by atoms with Gasteiger partial charge in [0.05, 0.1) is 0 Å². The summed E-state index contributed by atoms with van der Waals surface area (Å²) in [4.78, 5) is 2.00. The fraction of sp³-hybridized carbons (Fsp3) is 1.00. The monoisotopic (exact) mass is 243 g/mol. The molecule has 1 nitrogen and oxygen atoms in total. The molecule has 0 radical (unpaired) electrons. The van der Waals surface area contributed by atoms with E-state index in [1.807, 2.05) is 26.0 Å². The van der Waals surface area contributed by atoms with Gasteiger partial charge in [-0.1, -0.05) is 35.9 Å². The average Bonchev–Trinajstić information content (AvgIpc) is 1.66. The summed E-state index contributed by atoms with van der Waals surface area (Å²) in [6, 6.07) is 0. The van der Waals surface area contributed by atoms with E-state index in [2.05, 4.69) is 29.5 Å². The minimum atomic E-state index is 1.31. The lowest BCUT2D eigenvalue weighted by atomic mass is 10.4. The van der Waals surface area contributed by atoms with Crippen LogP contribution in [0.25, 0.3) is 0 Å². The molecule has 0 aliphatic rings. The fourth-order valence-electron chi connectivity index (χ4n) is 0.134. The molecule has 0 aromatic carbocycles. The zero-order valence-electron chi connectivity index (χ0n) is 6.95. The molecule has 0 heterocycles. The molecule has 0 aromatic rings. The van der Waals surface area contributed by atoms with Crippen LogP contribution < -0.4 is 0 Å². The number of alkyl halides is 1. The van der Waals surface area contributed by atoms with E-state index in [1.165, 1.54) is 17.3 Å². The molecule has 0 aliphatic heterocycles. The van der Waals surface area contributed by atoms with E-state index in [0.29, 0.717) is 0 Å². The molecular weight excluding hydrogens is 225 g/mol. The van der Waals surface area contributed by atoms with Crippen molar-refractivity contribution in [2.45, 2.75) is 19.8 Å². The highest BCUT2D eigenvalue weighted by molar-refractivity contribution is 14.1. The number of halogens is 1. The van der Waals surface area contributed by atoms with Crippen molar-refractivity contribution in [3.63, 3.8) is 0 Å². The van der Waals surface area contributed by atoms with E-state index in [-0.39, 0.29) is 0 Å². The Morgan fingerprint density at radius 3 is 1.56 bits per heavy atom. The van der Waals surface area contributed by atoms with Crippen molar-refractivity contribution in [2.75, 3.05) is 25.6 Å². The van der Waals surface area contributed by atoms with Crippen LogP contribution >= 0.6 is 22.6 Å². The minimum Gasteiger partial charge on any atom is -0.312 e. The maximum atomic E-state index is 2.39. The van der Waals surface area contributed by atoms with E-state index in [4.69, 9.17) is 0 Å². The fourth-order valence-corrected chi connectivity index (χ4v) is 0.896. The second-order valence-electron chi connectivity index (χ2n) is 2.38. The van der Waals surface area contributed by atoms with Crippen molar-refractivity contribution in [1.82, 2.24) is 4.90 Å². The molecule has 0 fully saturated rings. The first-order valence-electron chi connectivity index (χ1n) is 3.32. The van der Waals surface area contributed by atoms with Crippen LogP contribution in [0.3, 0.4) is 0 Å². The molecule has 0 atom stereocenters. The first-order chi connectivity index (χ1) is 4.15. The van der Waals surface area contributed by atoms with Crippen molar-refractivity contribution < 1.29 is 0 Å². The molecule has 0 saturated carbocycles. The van der Waals surface area contributed by atoms with Gasteiger partial charge < -0.3 is 4.90 Å². The van der Waals surface area contributed by atoms with Crippen LogP contribution in [-0.2, 0) is 0 Å². The molecule has 0 unspecified atom stereocenters. The van der Waals surface area contributed by atoms with Gasteiger partial charge in [0.25, 0.3) is 0 Å². The summed E-state index contributed by atoms with van der Waals surface area (Å²) in [6.45, 7) is 2.21. The third-order valence-corrected chi connectivity index (χ3v) is 1.25. The van der Waals surface area contributed by atoms with Crippen molar-refractivity contribution in [3.05, 3.63) is 0 Å². The second-order valence-corrected chi connectivity index (χ2v) is 3.46. The van der Waals surface area contributed by atoms with Crippen LogP contribution in [-0.4, -0.2) is 30.5 Å². The molecule has 2 heteroatoms. The second kappa shape index (κ2) is 11.5. The van der Waals surface area contributed by atoms with Crippen molar-refractivity contribution in [1.29, 1.82) is 0 Å². The number of hydrogen-bond donors (Lipinski definition) is 0. The van der Waals surface area contributed by atoms with Crippen LogP contribution in [0.4, 0.5) is 0 Å². The quantitative estimate of drug-likeness (QED) is 0.531. The van der Waals surface area contributed by atoms with Gasteiger partial charge in [0.1, 0.15) is 0 Å². The summed E-state index contributed by atoms with van der Waals surface area (Å²) in [6.07, 6.45) is 2.71. The van der Waals surface area contributed by atoms with Crippen LogP contribution in [0.1, 0.15) is 19.8 Å². The Bertz CT molecular complexity index is 33.1. The average molecular weight is 243 g/mol. The highest BCUT2D eigenvalue weighted by atomic mass is 127. The zero-order chi connectivity index (χ0) is 7.70. The summed E-state index contributed by atoms with van der Waals surface area (Å²) in [5.41, 5.74) is 0. The molecule has 0 aromatic heterocycles. The van der Waals surface area contributed by atoms with Crippen LogP contribution in [0.2, 0.25) is 0 Å². The van der Waals surface area contributed by atoms with Crippen LogP contribution in [0.15, 0.2) is 0 Å². The Labute approximate surface area is 73.0 Å². The molecule has 9 heavy (non-hydrogen) atoms. The largest absolute Gasteiger partial charge is 0.312 e. The summed E-state index contributed by atoms with van der Waals surface area (Å²) in [7, 11) is 6.00. The lowest BCUT2D eigenvalue weighted by molar-refractivity contribution is 0.505. The standard InChI is InChI=1S/C4H9I.C3H9N/c1-2-3-4-5;1-4(2)3/h2-4H2,1H3;1-3H3. The maximum absolute atomic E-state index is 2.39. The first kappa shape index (κ1) is 12.4. The predicted molar refractivity (Wildman–Crippen MR) is 53.4 cm³/mol. The molecule has 0 aliphatic carbocycles. The molecule has 0 N–H and O–H groups in total. The SMILES string of the molecule is CCCCI.CN(C)C. The van der Waals surface area contributed by atoms with E-state index in [9.17, 15) is 0 Å². The Hall–Kier alpha value is 0.690. The van der Waals surface area contributed by atoms with E-state index < -0.39 is 0 Å². The maximum Gasteiger partial charge on any atom is -0.000483 e. The number of nitrogens with zero attached hydrogens (tertiary/aromatic N) is 1. The Balaban J connectivity index is 0. The van der Waals surface area contributed by atoms with Gasteiger partial charge in [-0.3, -0.25) is 0 Å². The van der Waals surface area contributed by atoms with Gasteiger partial charge in [0.15, 0.2) is 0 Å². The molecule has 0 bridgehead atoms. The molecular formula is C7H18IN. The topological polar surface area (TPSA) is 3.24 Å². The van der Waals surface area contributed by atoms with Crippen molar-refractivity contribution in [2.24, 2.45) is 0 Å². The minimum absolute atomic E-state index is 1.31. The van der Waals surface area contributed by atoms with Gasteiger partial charge in [-0.05, 0) is 32.0 Å². The van der Waals surface area contributed by atoms with Gasteiger partial charge in [-0.2, -0.15) is 0 Å². The van der Waals surface area contributed by atoms with Crippen LogP contribution in [0, 0.1) is 0 Å². The van der Waals surface area contributed by atoms with E-state index in [0.717, 1.165) is 0 Å². The highest BCUT2D eigenvalue weighted by Gasteiger charge is 1.69. The smallest absolute Gasteiger partial charge is 0.000483 e. The van der Waals surface area contributed by atoms with Crippen molar-refractivity contribution in [3.8, 4) is 0 Å². The van der Waals surface area contributed by atoms with Crippen molar-refractivity contribution >= 4 is 22.6 Å². The molecule has 0 saturated heterocycles. The summed E-state index contributed by atoms with van der Waals surface area (Å²) in [5, 5.41) is 0. The number of rotatable bonds is 2. The third-order valence-electron chi connectivity index (χ3n) is 0.487. The molecule has 0 rings (SSSR count). The summed E-state index contributed by atoms with van der Waals surface area (Å²) >= 11 is 2.39. The lowest BCUT2D eigenvalue weighted by Gasteiger charge is -1.90. The van der Waals surface area contributed by atoms with E-state index in [1.54, 1.807) is 0 Å². The van der Waals surface area contributed by atoms with Crippen LogP contribution in [0.5, 0.6) is 0 Å². The Kier molecular flexibility index (Phi) is 15.8. The third kappa shape index (κ3) is 53.7. The normalized spacial score (nSPS) is 8.67. The molecule has 58 valence electrons. The predicted octanol–water partition coefficient (Wildman–Crippen LogP) is 2.40. The first-order valence-corrected chi connectivity index (χ1v) is 4.84. The molecule has 0 spiro atoms. The van der Waals surface area contributed by atoms with E-state index >= 15 is 0 Å². The highest BCUT2D eigenvalue weighted by Crippen LogP contribution is 1.90. The van der Waals surface area contributed by atoms with Gasteiger partial charge in [0.2, 0.25) is 0 Å². The Morgan fingerprint density at radius 2 is 1.56 bits per heavy atom. The number of unbranched alkanes of at least 4 members (excludes halogenated alkanes) is 1. The van der Waals surface area contributed by atoms with Gasteiger partial charge >= 0.3 is 0 Å². The molecule has 0 amide bonds. The zero-order valence-corrected chi connectivity index (χ0v) is 9.10. The summed E-state index contributed by atoms with van der Waals surface area (Å²) in [5.74, 6) is 0. The Morgan fingerprint density at radius 1 is 1.22 bits per heavy atom. The number of hydrogen-bond acceptors (Lipinski definition) is 1. The van der Waals surface area contributed by atoms with Gasteiger partial charge in [-0.15, -0.1) is 0 Å². The van der Waals surface area contributed by atoms with Gasteiger partial charge in [0, 0.05) is 0 Å². The summed E-state index contributed by atoms with van der Waals surface area (Å²) < 4.78 is 1.31. The van der Waals surface area contributed by atoms with Gasteiger partial charge in [-0.25, -0.2) is 0 Å². The lowest BCUT2D eigenvalue weighted by Crippen LogP contribution is -1.99.